The Labute approximate surface area is 160 Å². The molecule has 0 heterocycles. The number of hydrogen-bond donors (Lipinski definition) is 2. The van der Waals surface area contributed by atoms with Crippen LogP contribution in [0.15, 0.2) is 52.4 Å². The zero-order chi connectivity index (χ0) is 19.9. The van der Waals surface area contributed by atoms with Crippen molar-refractivity contribution < 1.29 is 12.8 Å². The Morgan fingerprint density at radius 1 is 1.11 bits per heavy atom. The second-order valence-electron chi connectivity index (χ2n) is 6.46. The molecular formula is C20H26FN3O2S. The number of rotatable bonds is 7. The lowest BCUT2D eigenvalue weighted by Gasteiger charge is -2.13. The first-order valence-electron chi connectivity index (χ1n) is 8.78. The summed E-state index contributed by atoms with van der Waals surface area (Å²) in [6.45, 7) is 3.04. The molecule has 2 rings (SSSR count). The monoisotopic (exact) mass is 391 g/mol. The first kappa shape index (κ1) is 20.9. The first-order valence-corrected chi connectivity index (χ1v) is 10.7. The number of aliphatic imine (C=N–C) groups is 1. The molecule has 0 unspecified atom stereocenters. The molecule has 146 valence electrons. The van der Waals surface area contributed by atoms with Crippen LogP contribution in [-0.4, -0.2) is 34.2 Å². The number of guanidine groups is 1. The Balaban J connectivity index is 1.81. The number of nitrogens with zero attached hydrogens (tertiary/aromatic N) is 1. The van der Waals surface area contributed by atoms with Gasteiger partial charge in [-0.25, -0.2) is 12.8 Å². The van der Waals surface area contributed by atoms with Crippen LogP contribution in [0.2, 0.25) is 0 Å². The molecule has 0 aliphatic heterocycles. The van der Waals surface area contributed by atoms with Crippen molar-refractivity contribution in [1.82, 2.24) is 10.6 Å². The van der Waals surface area contributed by atoms with Crippen molar-refractivity contribution in [1.29, 1.82) is 0 Å². The topological polar surface area (TPSA) is 70.6 Å². The number of hydrogen-bond acceptors (Lipinski definition) is 3. The van der Waals surface area contributed by atoms with E-state index in [0.717, 1.165) is 29.5 Å². The minimum atomic E-state index is -3.21. The summed E-state index contributed by atoms with van der Waals surface area (Å²) in [5.74, 6) is 0.453. The van der Waals surface area contributed by atoms with Crippen LogP contribution in [0.25, 0.3) is 0 Å². The second kappa shape index (κ2) is 9.50. The third kappa shape index (κ3) is 6.67. The molecule has 0 aliphatic rings. The van der Waals surface area contributed by atoms with Gasteiger partial charge in [-0.2, -0.15) is 0 Å². The number of aryl methyl sites for hydroxylation is 2. The van der Waals surface area contributed by atoms with Crippen LogP contribution in [0.1, 0.15) is 23.1 Å². The van der Waals surface area contributed by atoms with Crippen LogP contribution in [0.3, 0.4) is 0 Å². The van der Waals surface area contributed by atoms with Crippen molar-refractivity contribution >= 4 is 15.8 Å². The average molecular weight is 392 g/mol. The molecule has 0 aliphatic carbocycles. The van der Waals surface area contributed by atoms with E-state index in [1.807, 2.05) is 12.1 Å². The van der Waals surface area contributed by atoms with Gasteiger partial charge in [0.25, 0.3) is 0 Å². The molecule has 0 atom stereocenters. The van der Waals surface area contributed by atoms with Crippen LogP contribution < -0.4 is 10.6 Å². The van der Waals surface area contributed by atoms with Gasteiger partial charge in [-0.3, -0.25) is 4.99 Å². The van der Waals surface area contributed by atoms with Gasteiger partial charge in [0.05, 0.1) is 4.90 Å². The molecule has 2 N–H and O–H groups in total. The molecule has 7 heteroatoms. The lowest BCUT2D eigenvalue weighted by Crippen LogP contribution is -2.37. The Morgan fingerprint density at radius 3 is 2.52 bits per heavy atom. The second-order valence-corrected chi connectivity index (χ2v) is 8.44. The van der Waals surface area contributed by atoms with Gasteiger partial charge in [0.15, 0.2) is 15.8 Å². The van der Waals surface area contributed by atoms with Crippen molar-refractivity contribution in [3.8, 4) is 0 Å². The van der Waals surface area contributed by atoms with Gasteiger partial charge in [-0.15, -0.1) is 0 Å². The predicted octanol–water partition coefficient (Wildman–Crippen LogP) is 2.84. The zero-order valence-corrected chi connectivity index (χ0v) is 16.7. The quantitative estimate of drug-likeness (QED) is 0.433. The Kier molecular flexibility index (Phi) is 7.36. The maximum Gasteiger partial charge on any atom is 0.191 e. The maximum atomic E-state index is 13.2. The van der Waals surface area contributed by atoms with E-state index in [2.05, 4.69) is 15.6 Å². The summed E-state index contributed by atoms with van der Waals surface area (Å²) < 4.78 is 36.5. The van der Waals surface area contributed by atoms with E-state index in [-0.39, 0.29) is 5.82 Å². The standard InChI is InChI=1S/C20H26FN3O2S/c1-15-12-17(9-10-19(15)27(3,25)26)14-24-20(22-2)23-11-5-7-16-6-4-8-18(21)13-16/h4,6,8-10,12-13H,5,7,11,14H2,1-3H3,(H2,22,23,24). The van der Waals surface area contributed by atoms with Crippen molar-refractivity contribution in [3.63, 3.8) is 0 Å². The third-order valence-electron chi connectivity index (χ3n) is 4.15. The molecule has 0 saturated heterocycles. The molecule has 0 bridgehead atoms. The van der Waals surface area contributed by atoms with Crippen LogP contribution in [-0.2, 0) is 22.8 Å². The normalized spacial score (nSPS) is 12.1. The highest BCUT2D eigenvalue weighted by molar-refractivity contribution is 7.90. The molecular weight excluding hydrogens is 365 g/mol. The Bertz CT molecular complexity index is 911. The Hall–Kier alpha value is -2.41. The number of halogens is 1. The lowest BCUT2D eigenvalue weighted by molar-refractivity contribution is 0.601. The van der Waals surface area contributed by atoms with Gasteiger partial charge in [0.1, 0.15) is 5.82 Å². The molecule has 0 aromatic heterocycles. The molecule has 5 nitrogen and oxygen atoms in total. The fraction of sp³-hybridized carbons (Fsp3) is 0.350. The summed E-state index contributed by atoms with van der Waals surface area (Å²) in [5.41, 5.74) is 2.68. The van der Waals surface area contributed by atoms with E-state index in [9.17, 15) is 12.8 Å². The zero-order valence-electron chi connectivity index (χ0n) is 15.9. The summed E-state index contributed by atoms with van der Waals surface area (Å²) in [6.07, 6.45) is 2.85. The lowest BCUT2D eigenvalue weighted by atomic mass is 10.1. The smallest absolute Gasteiger partial charge is 0.191 e. The summed E-state index contributed by atoms with van der Waals surface area (Å²) in [7, 11) is -1.51. The SMILES string of the molecule is CN=C(NCCCc1cccc(F)c1)NCc1ccc(S(C)(=O)=O)c(C)c1. The van der Waals surface area contributed by atoms with E-state index in [0.29, 0.717) is 23.9 Å². The van der Waals surface area contributed by atoms with Crippen molar-refractivity contribution in [2.24, 2.45) is 4.99 Å². The molecule has 0 fully saturated rings. The van der Waals surface area contributed by atoms with E-state index < -0.39 is 9.84 Å². The first-order chi connectivity index (χ1) is 12.8. The molecule has 0 saturated carbocycles. The predicted molar refractivity (Wildman–Crippen MR) is 107 cm³/mol. The van der Waals surface area contributed by atoms with Crippen LogP contribution >= 0.6 is 0 Å². The summed E-state index contributed by atoms with van der Waals surface area (Å²) in [5, 5.41) is 6.43. The van der Waals surface area contributed by atoms with Crippen LogP contribution in [0.4, 0.5) is 4.39 Å². The van der Waals surface area contributed by atoms with Gasteiger partial charge in [0.2, 0.25) is 0 Å². The fourth-order valence-corrected chi connectivity index (χ4v) is 3.79. The molecule has 0 radical (unpaired) electrons. The minimum Gasteiger partial charge on any atom is -0.356 e. The van der Waals surface area contributed by atoms with Gasteiger partial charge in [-0.1, -0.05) is 24.3 Å². The largest absolute Gasteiger partial charge is 0.356 e. The summed E-state index contributed by atoms with van der Waals surface area (Å²) >= 11 is 0. The summed E-state index contributed by atoms with van der Waals surface area (Å²) in [4.78, 5) is 4.53. The Morgan fingerprint density at radius 2 is 1.89 bits per heavy atom. The molecule has 2 aromatic carbocycles. The number of nitrogens with one attached hydrogen (secondary N) is 2. The molecule has 27 heavy (non-hydrogen) atoms. The highest BCUT2D eigenvalue weighted by Gasteiger charge is 2.10. The number of sulfone groups is 1. The summed E-state index contributed by atoms with van der Waals surface area (Å²) in [6, 6.07) is 11.9. The van der Waals surface area contributed by atoms with E-state index in [1.165, 1.54) is 12.3 Å². The van der Waals surface area contributed by atoms with Gasteiger partial charge in [0, 0.05) is 26.4 Å². The van der Waals surface area contributed by atoms with E-state index >= 15 is 0 Å². The average Bonchev–Trinajstić information content (AvgIpc) is 2.60. The van der Waals surface area contributed by atoms with E-state index in [4.69, 9.17) is 0 Å². The van der Waals surface area contributed by atoms with Crippen LogP contribution in [0.5, 0.6) is 0 Å². The highest BCUT2D eigenvalue weighted by atomic mass is 32.2. The molecule has 2 aromatic rings. The molecule has 0 amide bonds. The van der Waals surface area contributed by atoms with Gasteiger partial charge < -0.3 is 10.6 Å². The number of benzene rings is 2. The van der Waals surface area contributed by atoms with Gasteiger partial charge >= 0.3 is 0 Å². The van der Waals surface area contributed by atoms with Gasteiger partial charge in [-0.05, 0) is 54.7 Å². The van der Waals surface area contributed by atoms with Crippen molar-refractivity contribution in [2.45, 2.75) is 31.2 Å². The highest BCUT2D eigenvalue weighted by Crippen LogP contribution is 2.16. The van der Waals surface area contributed by atoms with E-state index in [1.54, 1.807) is 38.2 Å². The maximum absolute atomic E-state index is 13.2. The minimum absolute atomic E-state index is 0.213. The van der Waals surface area contributed by atoms with Crippen molar-refractivity contribution in [2.75, 3.05) is 19.8 Å². The molecule has 0 spiro atoms. The van der Waals surface area contributed by atoms with Crippen LogP contribution in [0, 0.1) is 12.7 Å². The van der Waals surface area contributed by atoms with Crippen molar-refractivity contribution in [3.05, 3.63) is 65.0 Å². The third-order valence-corrected chi connectivity index (χ3v) is 5.40. The fourth-order valence-electron chi connectivity index (χ4n) is 2.84.